The van der Waals surface area contributed by atoms with E-state index in [4.69, 9.17) is 16.3 Å². The van der Waals surface area contributed by atoms with Gasteiger partial charge in [0.15, 0.2) is 0 Å². The van der Waals surface area contributed by atoms with E-state index >= 15 is 0 Å². The van der Waals surface area contributed by atoms with Gasteiger partial charge < -0.3 is 14.2 Å². The predicted molar refractivity (Wildman–Crippen MR) is 96.3 cm³/mol. The number of halogens is 1. The number of ether oxygens (including phenoxy) is 1. The van der Waals surface area contributed by atoms with Crippen molar-refractivity contribution in [1.82, 2.24) is 9.47 Å². The number of hydrogen-bond donors (Lipinski definition) is 0. The molecule has 1 aromatic carbocycles. The fourth-order valence-corrected chi connectivity index (χ4v) is 4.11. The number of hydrogen-bond acceptors (Lipinski definition) is 3. The molecule has 1 aliphatic rings. The van der Waals surface area contributed by atoms with Crippen LogP contribution in [0, 0.1) is 36.1 Å². The molecule has 0 saturated carbocycles. The van der Waals surface area contributed by atoms with Gasteiger partial charge in [0.05, 0.1) is 7.11 Å². The minimum Gasteiger partial charge on any atom is -0.479 e. The number of para-hydroxylation sites is 1. The molecule has 3 rings (SSSR count). The number of benzene rings is 1. The number of fused-ring (bicyclic) bond motifs is 3. The van der Waals surface area contributed by atoms with Crippen LogP contribution in [0.4, 0.5) is 0 Å². The Labute approximate surface area is 180 Å². The van der Waals surface area contributed by atoms with Crippen LogP contribution in [-0.2, 0) is 26.3 Å². The molecule has 1 amide bonds. The number of amides is 1. The number of esters is 1. The van der Waals surface area contributed by atoms with E-state index in [1.165, 1.54) is 12.0 Å². The second kappa shape index (κ2) is 7.78. The first-order valence-electron chi connectivity index (χ1n) is 8.00. The van der Waals surface area contributed by atoms with Gasteiger partial charge in [-0.05, 0) is 20.3 Å². The summed E-state index contributed by atoms with van der Waals surface area (Å²) in [6, 6.07) is 7.15. The van der Waals surface area contributed by atoms with E-state index in [0.717, 1.165) is 22.2 Å². The Morgan fingerprint density at radius 1 is 1.38 bits per heavy atom. The maximum atomic E-state index is 12.6. The molecule has 7 heteroatoms. The Balaban J connectivity index is 0.00000243. The largest absolute Gasteiger partial charge is 0.479 e. The first-order valence-corrected chi connectivity index (χ1v) is 8.53. The summed E-state index contributed by atoms with van der Waals surface area (Å²) in [6.07, 6.45) is 3.31. The smallest absolute Gasteiger partial charge is 0.328 e. The van der Waals surface area contributed by atoms with E-state index in [9.17, 15) is 9.59 Å². The van der Waals surface area contributed by atoms with Crippen LogP contribution in [0.1, 0.15) is 25.1 Å². The molecule has 1 aliphatic heterocycles. The minimum absolute atomic E-state index is 0. The number of nitrogens with zero attached hydrogens (tertiary/aromatic N) is 2. The maximum Gasteiger partial charge on any atom is 0.328 e. The number of carbonyl (C=O) groups excluding carboxylic acids is 2. The van der Waals surface area contributed by atoms with Crippen LogP contribution in [0.2, 0.25) is 0 Å². The molecular weight excluding hydrogens is 577 g/mol. The van der Waals surface area contributed by atoms with Crippen molar-refractivity contribution < 1.29 is 44.3 Å². The van der Waals surface area contributed by atoms with E-state index in [1.807, 2.05) is 42.7 Å². The van der Waals surface area contributed by atoms with Gasteiger partial charge in [0.25, 0.3) is 0 Å². The Morgan fingerprint density at radius 3 is 2.62 bits per heavy atom. The fraction of sp³-hybridized carbons (Fsp3) is 0.368. The van der Waals surface area contributed by atoms with E-state index in [1.54, 1.807) is 0 Å². The van der Waals surface area contributed by atoms with Gasteiger partial charge in [-0.15, -0.1) is 24.4 Å². The van der Waals surface area contributed by atoms with Crippen LogP contribution in [0.15, 0.2) is 30.8 Å². The summed E-state index contributed by atoms with van der Waals surface area (Å²) in [5, 5.41) is 1.02. The molecule has 137 valence electrons. The van der Waals surface area contributed by atoms with Gasteiger partial charge in [0.1, 0.15) is 11.9 Å². The van der Waals surface area contributed by atoms with Crippen molar-refractivity contribution in [3.63, 3.8) is 0 Å². The van der Waals surface area contributed by atoms with Gasteiger partial charge in [0, 0.05) is 35.5 Å². The van der Waals surface area contributed by atoms with Crippen molar-refractivity contribution in [3.05, 3.63) is 48.3 Å². The summed E-state index contributed by atoms with van der Waals surface area (Å²) >= 11 is 5.83. The van der Waals surface area contributed by atoms with Crippen LogP contribution >= 0.6 is 11.6 Å². The molecule has 26 heavy (non-hydrogen) atoms. The van der Waals surface area contributed by atoms with Crippen molar-refractivity contribution in [2.75, 3.05) is 13.0 Å². The van der Waals surface area contributed by atoms with Crippen LogP contribution in [0.5, 0.6) is 0 Å². The van der Waals surface area contributed by atoms with Gasteiger partial charge in [-0.2, -0.15) is 0 Å². The monoisotopic (exact) mass is 595 g/mol. The molecule has 1 radical (unpaired) electrons. The molecule has 0 aliphatic carbocycles. The Morgan fingerprint density at radius 2 is 2.04 bits per heavy atom. The zero-order valence-electron chi connectivity index (χ0n) is 15.0. The average molecular weight is 597 g/mol. The van der Waals surface area contributed by atoms with Crippen molar-refractivity contribution in [2.24, 2.45) is 0 Å². The quantitative estimate of drug-likeness (QED) is 0.311. The minimum atomic E-state index is -0.776. The zero-order chi connectivity index (χ0) is 18.4. The van der Waals surface area contributed by atoms with Gasteiger partial charge >= 0.3 is 5.97 Å². The molecule has 1 aromatic heterocycles. The van der Waals surface area contributed by atoms with Gasteiger partial charge in [0.2, 0.25) is 5.91 Å². The second-order valence-electron chi connectivity index (χ2n) is 6.54. The third-order valence-corrected chi connectivity index (χ3v) is 5.11. The first-order chi connectivity index (χ1) is 11.9. The third kappa shape index (κ3) is 3.01. The van der Waals surface area contributed by atoms with E-state index < -0.39 is 17.6 Å². The van der Waals surface area contributed by atoms with Crippen molar-refractivity contribution in [1.29, 1.82) is 0 Å². The molecule has 2 heterocycles. The van der Waals surface area contributed by atoms with E-state index in [-0.39, 0.29) is 41.7 Å². The molecule has 0 fully saturated rings. The van der Waals surface area contributed by atoms with Crippen molar-refractivity contribution >= 4 is 34.4 Å². The average Bonchev–Trinajstić information content (AvgIpc) is 2.94. The number of carbonyl (C=O) groups is 2. The number of methoxy groups -OCH3 is 1. The second-order valence-corrected chi connectivity index (χ2v) is 6.80. The Bertz CT molecular complexity index is 875. The molecule has 0 saturated heterocycles. The van der Waals surface area contributed by atoms with Gasteiger partial charge in [-0.25, -0.2) is 4.79 Å². The third-order valence-electron chi connectivity index (χ3n) is 4.88. The van der Waals surface area contributed by atoms with E-state index in [2.05, 4.69) is 12.8 Å². The summed E-state index contributed by atoms with van der Waals surface area (Å²) in [5.41, 5.74) is 2.06. The number of rotatable bonds is 3. The van der Waals surface area contributed by atoms with Gasteiger partial charge in [-0.3, -0.25) is 4.79 Å². The van der Waals surface area contributed by atoms with Crippen molar-refractivity contribution in [2.45, 2.75) is 31.8 Å². The Kier molecular flexibility index (Phi) is 6.29. The zero-order valence-corrected chi connectivity index (χ0v) is 19.4. The van der Waals surface area contributed by atoms with Crippen molar-refractivity contribution in [3.8, 4) is 0 Å². The maximum absolute atomic E-state index is 12.6. The van der Waals surface area contributed by atoms with Crippen LogP contribution in [-0.4, -0.2) is 40.4 Å². The normalized spacial score (nSPS) is 18.0. The molecule has 1 atom stereocenters. The topological polar surface area (TPSA) is 51.5 Å². The summed E-state index contributed by atoms with van der Waals surface area (Å²) < 4.78 is 6.83. The Hall–Kier alpha value is -1.26. The molecule has 0 spiro atoms. The number of aromatic nitrogens is 1. The summed E-state index contributed by atoms with van der Waals surface area (Å²) in [6.45, 7) is 7.61. The van der Waals surface area contributed by atoms with E-state index in [0.29, 0.717) is 6.42 Å². The summed E-state index contributed by atoms with van der Waals surface area (Å²) in [5.74, 6) is -0.963. The fourth-order valence-electron chi connectivity index (χ4n) is 3.98. The summed E-state index contributed by atoms with van der Waals surface area (Å²) in [7, 11) is 1.33. The van der Waals surface area contributed by atoms with Crippen LogP contribution in [0.3, 0.4) is 0 Å². The molecule has 0 bridgehead atoms. The summed E-state index contributed by atoms with van der Waals surface area (Å²) in [4.78, 5) is 26.5. The molecule has 0 N–H and O–H groups in total. The number of alkyl halides is 1. The molecule has 5 nitrogen and oxygen atoms in total. The SMILES string of the molecule is C=[C-]n1c2c(c3ccccc31)CC(C(=O)OC)N(C(=O)CCl)C2(C)C.[Np]. The van der Waals surface area contributed by atoms with Crippen LogP contribution in [0.25, 0.3) is 10.9 Å². The predicted octanol–water partition coefficient (Wildman–Crippen LogP) is 2.84. The van der Waals surface area contributed by atoms with Crippen LogP contribution < -0.4 is 0 Å². The first kappa shape index (κ1) is 21.0. The molecule has 2 aromatic rings. The molecule has 1 unspecified atom stereocenters. The van der Waals surface area contributed by atoms with Gasteiger partial charge in [-0.1, -0.05) is 46.4 Å². The molecular formula is C19H20ClN2NpO3-. The standard InChI is InChI=1S/C19H20ClN2O3.Np/c1-5-21-14-9-7-6-8-12(14)13-10-15(18(24)25-4)22(16(23)11-20)19(2,3)17(13)21;/h6-9,15H,1,10-11H2,2-4H3;/q-1;.